The zero-order valence-corrected chi connectivity index (χ0v) is 12.4. The number of nitrogens with zero attached hydrogens (tertiary/aromatic N) is 1. The van der Waals surface area contributed by atoms with E-state index in [1.165, 1.54) is 4.90 Å². The number of carbonyl (C=O) groups is 2. The van der Waals surface area contributed by atoms with Gasteiger partial charge in [-0.15, -0.1) is 0 Å². The lowest BCUT2D eigenvalue weighted by molar-refractivity contribution is -0.122. The van der Waals surface area contributed by atoms with Crippen LogP contribution in [0.4, 0.5) is 0 Å². The molecule has 0 bridgehead atoms. The van der Waals surface area contributed by atoms with Gasteiger partial charge in [0.1, 0.15) is 6.04 Å². The molecule has 19 heavy (non-hydrogen) atoms. The molecule has 1 aromatic carbocycles. The molecule has 1 fully saturated rings. The summed E-state index contributed by atoms with van der Waals surface area (Å²) in [4.78, 5) is 25.3. The summed E-state index contributed by atoms with van der Waals surface area (Å²) in [5.41, 5.74) is 5.77. The maximum absolute atomic E-state index is 12.4. The van der Waals surface area contributed by atoms with Crippen LogP contribution in [0.2, 0.25) is 5.02 Å². The highest BCUT2D eigenvalue weighted by atomic mass is 79.9. The van der Waals surface area contributed by atoms with Crippen molar-refractivity contribution in [1.82, 2.24) is 10.2 Å². The average molecular weight is 347 g/mol. The number of primary amides is 1. The molecule has 2 amide bonds. The number of halogens is 2. The molecule has 1 aliphatic rings. The van der Waals surface area contributed by atoms with E-state index in [-0.39, 0.29) is 5.91 Å². The topological polar surface area (TPSA) is 75.4 Å². The molecule has 1 heterocycles. The monoisotopic (exact) mass is 345 g/mol. The van der Waals surface area contributed by atoms with Crippen molar-refractivity contribution in [2.24, 2.45) is 5.73 Å². The van der Waals surface area contributed by atoms with Gasteiger partial charge in [0.05, 0.1) is 5.02 Å². The molecule has 3 N–H and O–H groups in total. The molecule has 1 unspecified atom stereocenters. The lowest BCUT2D eigenvalue weighted by Crippen LogP contribution is -2.58. The van der Waals surface area contributed by atoms with E-state index in [1.807, 2.05) is 0 Å². The Kier molecular flexibility index (Phi) is 4.44. The Morgan fingerprint density at radius 2 is 2.21 bits per heavy atom. The van der Waals surface area contributed by atoms with E-state index in [2.05, 4.69) is 21.2 Å². The van der Waals surface area contributed by atoms with Crippen LogP contribution in [0.3, 0.4) is 0 Å². The van der Waals surface area contributed by atoms with Crippen molar-refractivity contribution in [2.75, 3.05) is 19.6 Å². The summed E-state index contributed by atoms with van der Waals surface area (Å²) >= 11 is 9.24. The summed E-state index contributed by atoms with van der Waals surface area (Å²) in [6.45, 7) is 1.46. The van der Waals surface area contributed by atoms with Gasteiger partial charge in [0, 0.05) is 29.7 Å². The van der Waals surface area contributed by atoms with Crippen LogP contribution in [0.15, 0.2) is 22.7 Å². The molecular weight excluding hydrogens is 334 g/mol. The molecule has 2 rings (SSSR count). The summed E-state index contributed by atoms with van der Waals surface area (Å²) < 4.78 is 0.720. The van der Waals surface area contributed by atoms with Crippen LogP contribution in [-0.2, 0) is 4.79 Å². The van der Waals surface area contributed by atoms with E-state index in [4.69, 9.17) is 17.3 Å². The highest BCUT2D eigenvalue weighted by Gasteiger charge is 2.31. The maximum Gasteiger partial charge on any atom is 0.254 e. The third-order valence-electron chi connectivity index (χ3n) is 3.00. The summed E-state index contributed by atoms with van der Waals surface area (Å²) in [6, 6.07) is 4.33. The normalized spacial score (nSPS) is 19.3. The van der Waals surface area contributed by atoms with Gasteiger partial charge in [0.25, 0.3) is 5.91 Å². The smallest absolute Gasteiger partial charge is 0.254 e. The van der Waals surface area contributed by atoms with Crippen molar-refractivity contribution >= 4 is 39.3 Å². The number of amides is 2. The molecule has 5 nitrogen and oxygen atoms in total. The lowest BCUT2D eigenvalue weighted by Gasteiger charge is -2.34. The van der Waals surface area contributed by atoms with E-state index in [9.17, 15) is 9.59 Å². The second-order valence-electron chi connectivity index (χ2n) is 4.25. The van der Waals surface area contributed by atoms with Crippen molar-refractivity contribution in [2.45, 2.75) is 6.04 Å². The number of rotatable bonds is 2. The Bertz CT molecular complexity index is 524. The van der Waals surface area contributed by atoms with E-state index in [0.717, 1.165) is 4.47 Å². The SMILES string of the molecule is NC(=O)C1CNCCN1C(=O)c1ccc(Br)c(Cl)c1. The van der Waals surface area contributed by atoms with E-state index < -0.39 is 11.9 Å². The molecule has 102 valence electrons. The lowest BCUT2D eigenvalue weighted by atomic mass is 10.1. The third kappa shape index (κ3) is 3.08. The highest BCUT2D eigenvalue weighted by Crippen LogP contribution is 2.24. The number of benzene rings is 1. The second kappa shape index (κ2) is 5.90. The van der Waals surface area contributed by atoms with Crippen LogP contribution in [0, 0.1) is 0 Å². The van der Waals surface area contributed by atoms with Gasteiger partial charge in [0.2, 0.25) is 5.91 Å². The molecule has 0 radical (unpaired) electrons. The summed E-state index contributed by atoms with van der Waals surface area (Å²) in [6.07, 6.45) is 0. The third-order valence-corrected chi connectivity index (χ3v) is 4.23. The molecule has 0 aromatic heterocycles. The van der Waals surface area contributed by atoms with Crippen molar-refractivity contribution in [1.29, 1.82) is 0 Å². The fourth-order valence-corrected chi connectivity index (χ4v) is 2.42. The molecule has 0 spiro atoms. The van der Waals surface area contributed by atoms with Crippen molar-refractivity contribution < 1.29 is 9.59 Å². The molecule has 1 aromatic rings. The van der Waals surface area contributed by atoms with Gasteiger partial charge in [-0.3, -0.25) is 9.59 Å². The van der Waals surface area contributed by atoms with Gasteiger partial charge in [0.15, 0.2) is 0 Å². The fourth-order valence-electron chi connectivity index (χ4n) is 2.00. The minimum absolute atomic E-state index is 0.236. The summed E-state index contributed by atoms with van der Waals surface area (Å²) in [5, 5.41) is 3.50. The maximum atomic E-state index is 12.4. The first-order chi connectivity index (χ1) is 9.00. The Morgan fingerprint density at radius 3 is 2.84 bits per heavy atom. The molecule has 1 atom stereocenters. The number of nitrogens with two attached hydrogens (primary N) is 1. The van der Waals surface area contributed by atoms with Crippen molar-refractivity contribution in [3.63, 3.8) is 0 Å². The first-order valence-corrected chi connectivity index (χ1v) is 6.94. The van der Waals surface area contributed by atoms with Crippen LogP contribution in [0.1, 0.15) is 10.4 Å². The van der Waals surface area contributed by atoms with E-state index >= 15 is 0 Å². The minimum Gasteiger partial charge on any atom is -0.368 e. The average Bonchev–Trinajstić information content (AvgIpc) is 2.41. The molecule has 1 aliphatic heterocycles. The highest BCUT2D eigenvalue weighted by molar-refractivity contribution is 9.10. The quantitative estimate of drug-likeness (QED) is 0.839. The number of hydrogen-bond donors (Lipinski definition) is 2. The largest absolute Gasteiger partial charge is 0.368 e. The van der Waals surface area contributed by atoms with Gasteiger partial charge in [-0.1, -0.05) is 11.6 Å². The molecule has 7 heteroatoms. The van der Waals surface area contributed by atoms with Gasteiger partial charge in [-0.2, -0.15) is 0 Å². The molecule has 0 aliphatic carbocycles. The fraction of sp³-hybridized carbons (Fsp3) is 0.333. The minimum atomic E-state index is -0.622. The van der Waals surface area contributed by atoms with E-state index in [1.54, 1.807) is 18.2 Å². The van der Waals surface area contributed by atoms with Crippen LogP contribution >= 0.6 is 27.5 Å². The first-order valence-electron chi connectivity index (χ1n) is 5.76. The van der Waals surface area contributed by atoms with Gasteiger partial charge >= 0.3 is 0 Å². The van der Waals surface area contributed by atoms with E-state index in [0.29, 0.717) is 30.2 Å². The Labute approximate surface area is 124 Å². The van der Waals surface area contributed by atoms with Crippen LogP contribution in [0.5, 0.6) is 0 Å². The van der Waals surface area contributed by atoms with Gasteiger partial charge in [-0.25, -0.2) is 0 Å². The Hall–Kier alpha value is -1.11. The van der Waals surface area contributed by atoms with Crippen LogP contribution in [-0.4, -0.2) is 42.4 Å². The van der Waals surface area contributed by atoms with Crippen molar-refractivity contribution in [3.8, 4) is 0 Å². The Balaban J connectivity index is 2.26. The molecule has 1 saturated heterocycles. The number of hydrogen-bond acceptors (Lipinski definition) is 3. The van der Waals surface area contributed by atoms with Crippen LogP contribution in [0.25, 0.3) is 0 Å². The zero-order chi connectivity index (χ0) is 14.0. The number of piperazine rings is 1. The first kappa shape index (κ1) is 14.3. The second-order valence-corrected chi connectivity index (χ2v) is 5.51. The summed E-state index contributed by atoms with van der Waals surface area (Å²) in [7, 11) is 0. The Morgan fingerprint density at radius 1 is 1.47 bits per heavy atom. The predicted molar refractivity (Wildman–Crippen MR) is 76.0 cm³/mol. The number of carbonyl (C=O) groups excluding carboxylic acids is 2. The standard InChI is InChI=1S/C12H13BrClN3O2/c13-8-2-1-7(5-9(8)14)12(19)17-4-3-16-6-10(17)11(15)18/h1-2,5,10,16H,3-4,6H2,(H2,15,18). The predicted octanol–water partition coefficient (Wildman–Crippen LogP) is 1.00. The van der Waals surface area contributed by atoms with Gasteiger partial charge in [-0.05, 0) is 34.1 Å². The molecule has 0 saturated carbocycles. The number of nitrogens with one attached hydrogen (secondary N) is 1. The van der Waals surface area contributed by atoms with Crippen molar-refractivity contribution in [3.05, 3.63) is 33.3 Å². The summed E-state index contributed by atoms with van der Waals surface area (Å²) in [5.74, 6) is -0.747. The van der Waals surface area contributed by atoms with Crippen LogP contribution < -0.4 is 11.1 Å². The van der Waals surface area contributed by atoms with Gasteiger partial charge < -0.3 is 16.0 Å². The zero-order valence-electron chi connectivity index (χ0n) is 10.0. The molecular formula is C12H13BrClN3O2.